The van der Waals surface area contributed by atoms with Crippen LogP contribution in [0.4, 0.5) is 11.4 Å². The molecule has 4 nitrogen and oxygen atoms in total. The van der Waals surface area contributed by atoms with Crippen molar-refractivity contribution < 1.29 is 0 Å². The quantitative estimate of drug-likeness (QED) is 0.179. The van der Waals surface area contributed by atoms with Crippen LogP contribution in [-0.2, 0) is 5.41 Å². The van der Waals surface area contributed by atoms with E-state index >= 15 is 0 Å². The molecule has 0 unspecified atom stereocenters. The lowest BCUT2D eigenvalue weighted by atomic mass is 9.67. The largest absolute Gasteiger partial charge is 0.399 e. The second-order valence-corrected chi connectivity index (χ2v) is 15.2. The summed E-state index contributed by atoms with van der Waals surface area (Å²) in [6.07, 6.45) is 0. The monoisotopic (exact) mass is 706 g/mol. The number of anilines is 2. The van der Waals surface area contributed by atoms with Crippen LogP contribution in [0.25, 0.3) is 66.1 Å². The molecule has 11 rings (SSSR count). The van der Waals surface area contributed by atoms with Crippen LogP contribution in [0.15, 0.2) is 170 Å². The van der Waals surface area contributed by atoms with Crippen molar-refractivity contribution >= 4 is 55.0 Å². The van der Waals surface area contributed by atoms with Crippen LogP contribution in [0.3, 0.4) is 0 Å². The number of para-hydroxylation sites is 2. The third-order valence-corrected chi connectivity index (χ3v) is 12.0. The van der Waals surface area contributed by atoms with Gasteiger partial charge in [0.15, 0.2) is 0 Å². The minimum absolute atomic E-state index is 0.583. The van der Waals surface area contributed by atoms with Crippen LogP contribution in [0, 0.1) is 13.8 Å². The van der Waals surface area contributed by atoms with Gasteiger partial charge in [-0.25, -0.2) is 0 Å². The van der Waals surface area contributed by atoms with Gasteiger partial charge in [-0.2, -0.15) is 0 Å². The molecule has 4 heteroatoms. The lowest BCUT2D eigenvalue weighted by Gasteiger charge is -2.34. The molecule has 0 spiro atoms. The molecule has 0 radical (unpaired) electrons. The summed E-state index contributed by atoms with van der Waals surface area (Å²) in [5.41, 5.74) is 30.3. The highest BCUT2D eigenvalue weighted by Gasteiger charge is 2.46. The Bertz CT molecular complexity index is 2960. The third kappa shape index (κ3) is 4.40. The van der Waals surface area contributed by atoms with Gasteiger partial charge in [0.2, 0.25) is 0 Å². The summed E-state index contributed by atoms with van der Waals surface area (Å²) in [5, 5.41) is 4.89. The van der Waals surface area contributed by atoms with E-state index < -0.39 is 5.41 Å². The Labute approximate surface area is 319 Å². The number of nitrogen functional groups attached to an aromatic ring is 2. The summed E-state index contributed by atoms with van der Waals surface area (Å²) in [4.78, 5) is 0. The van der Waals surface area contributed by atoms with E-state index in [0.717, 1.165) is 22.7 Å². The van der Waals surface area contributed by atoms with Gasteiger partial charge in [-0.3, -0.25) is 0 Å². The first-order chi connectivity index (χ1) is 26.9. The lowest BCUT2D eigenvalue weighted by Crippen LogP contribution is -2.28. The van der Waals surface area contributed by atoms with E-state index in [0.29, 0.717) is 0 Å². The molecule has 0 aliphatic heterocycles. The van der Waals surface area contributed by atoms with Gasteiger partial charge in [0.05, 0.1) is 27.5 Å². The first-order valence-corrected chi connectivity index (χ1v) is 18.9. The minimum Gasteiger partial charge on any atom is -0.399 e. The number of aromatic nitrogens is 2. The van der Waals surface area contributed by atoms with Gasteiger partial charge in [-0.15, -0.1) is 0 Å². The molecule has 8 aromatic carbocycles. The van der Waals surface area contributed by atoms with Crippen LogP contribution in [0.1, 0.15) is 33.4 Å². The van der Waals surface area contributed by atoms with Gasteiger partial charge < -0.3 is 20.6 Å². The Morgan fingerprint density at radius 2 is 0.782 bits per heavy atom. The van der Waals surface area contributed by atoms with E-state index in [9.17, 15) is 0 Å². The number of hydrogen-bond acceptors (Lipinski definition) is 2. The summed E-state index contributed by atoms with van der Waals surface area (Å²) in [7, 11) is 0. The highest BCUT2D eigenvalue weighted by atomic mass is 15.0. The molecule has 55 heavy (non-hydrogen) atoms. The molecule has 4 N–H and O–H groups in total. The zero-order valence-corrected chi connectivity index (χ0v) is 30.7. The van der Waals surface area contributed by atoms with E-state index in [-0.39, 0.29) is 0 Å². The van der Waals surface area contributed by atoms with Crippen molar-refractivity contribution in [2.24, 2.45) is 0 Å². The van der Waals surface area contributed by atoms with Crippen molar-refractivity contribution in [2.75, 3.05) is 11.5 Å². The molecule has 262 valence electrons. The van der Waals surface area contributed by atoms with E-state index in [1.807, 2.05) is 24.3 Å². The number of fused-ring (bicyclic) bond motifs is 9. The molecule has 0 saturated carbocycles. The summed E-state index contributed by atoms with van der Waals surface area (Å²) < 4.78 is 4.73. The molecule has 1 aliphatic rings. The maximum atomic E-state index is 6.15. The Morgan fingerprint density at radius 3 is 1.22 bits per heavy atom. The van der Waals surface area contributed by atoms with Crippen LogP contribution >= 0.6 is 0 Å². The molecule has 0 atom stereocenters. The van der Waals surface area contributed by atoms with Crippen molar-refractivity contribution in [3.05, 3.63) is 203 Å². The van der Waals surface area contributed by atoms with Crippen molar-refractivity contribution in [2.45, 2.75) is 19.3 Å². The van der Waals surface area contributed by atoms with Crippen LogP contribution in [0.2, 0.25) is 0 Å². The predicted molar refractivity (Wildman–Crippen MR) is 231 cm³/mol. The van der Waals surface area contributed by atoms with Gasteiger partial charge in [0.1, 0.15) is 0 Å². The number of benzene rings is 8. The van der Waals surface area contributed by atoms with Crippen LogP contribution in [0.5, 0.6) is 0 Å². The van der Waals surface area contributed by atoms with Crippen LogP contribution < -0.4 is 11.5 Å². The molecule has 2 aromatic heterocycles. The summed E-state index contributed by atoms with van der Waals surface area (Å²) in [5.74, 6) is 0. The Balaban J connectivity index is 1.26. The number of nitrogens with two attached hydrogens (primary N) is 2. The molecule has 2 heterocycles. The van der Waals surface area contributed by atoms with E-state index in [4.69, 9.17) is 11.5 Å². The Kier molecular flexibility index (Phi) is 6.57. The zero-order valence-electron chi connectivity index (χ0n) is 30.7. The van der Waals surface area contributed by atoms with Crippen molar-refractivity contribution in [1.82, 2.24) is 9.13 Å². The second-order valence-electron chi connectivity index (χ2n) is 15.2. The molecule has 1 aliphatic carbocycles. The number of hydrogen-bond donors (Lipinski definition) is 2. The maximum Gasteiger partial charge on any atom is 0.0714 e. The summed E-state index contributed by atoms with van der Waals surface area (Å²) >= 11 is 0. The average Bonchev–Trinajstić information content (AvgIpc) is 3.82. The van der Waals surface area contributed by atoms with E-state index in [1.165, 1.54) is 88.1 Å². The van der Waals surface area contributed by atoms with Gasteiger partial charge in [0.25, 0.3) is 0 Å². The third-order valence-electron chi connectivity index (χ3n) is 12.0. The van der Waals surface area contributed by atoms with Gasteiger partial charge in [-0.05, 0) is 132 Å². The highest BCUT2D eigenvalue weighted by Crippen LogP contribution is 2.57. The van der Waals surface area contributed by atoms with Gasteiger partial charge >= 0.3 is 0 Å². The second kappa shape index (κ2) is 11.5. The first-order valence-electron chi connectivity index (χ1n) is 18.9. The van der Waals surface area contributed by atoms with Gasteiger partial charge in [0, 0.05) is 44.3 Å². The highest BCUT2D eigenvalue weighted by molar-refractivity contribution is 6.11. The normalized spacial score (nSPS) is 13.2. The minimum atomic E-state index is -0.583. The van der Waals surface area contributed by atoms with Crippen molar-refractivity contribution in [3.8, 4) is 22.5 Å². The molecular weight excluding hydrogens is 669 g/mol. The lowest BCUT2D eigenvalue weighted by molar-refractivity contribution is 0.769. The van der Waals surface area contributed by atoms with E-state index in [1.54, 1.807) is 0 Å². The van der Waals surface area contributed by atoms with E-state index in [2.05, 4.69) is 169 Å². The van der Waals surface area contributed by atoms with Crippen LogP contribution in [-0.4, -0.2) is 9.13 Å². The fourth-order valence-corrected chi connectivity index (χ4v) is 9.56. The zero-order chi connectivity index (χ0) is 37.0. The Hall–Kier alpha value is -7.04. The maximum absolute atomic E-state index is 6.15. The fourth-order valence-electron chi connectivity index (χ4n) is 9.56. The molecular formula is C51H38N4. The van der Waals surface area contributed by atoms with Crippen molar-refractivity contribution in [1.29, 1.82) is 0 Å². The first kappa shape index (κ1) is 31.5. The molecule has 0 saturated heterocycles. The average molecular weight is 707 g/mol. The predicted octanol–water partition coefficient (Wildman–Crippen LogP) is 12.0. The SMILES string of the molecule is Cc1ccc2c(c1)C(c1ccc3c(c1)c1ccccc1n3-c1ccc(N)cc1)(c1ccc3c(c1)c1ccccc1n3-c1ccc(N)cc1)c1cc(C)ccc1-2. The van der Waals surface area contributed by atoms with Crippen molar-refractivity contribution in [3.63, 3.8) is 0 Å². The summed E-state index contributed by atoms with van der Waals surface area (Å²) in [6.45, 7) is 4.43. The van der Waals surface area contributed by atoms with Gasteiger partial charge in [-0.1, -0.05) is 96.1 Å². The Morgan fingerprint density at radius 1 is 0.382 bits per heavy atom. The molecule has 0 amide bonds. The molecule has 0 fully saturated rings. The smallest absolute Gasteiger partial charge is 0.0714 e. The number of rotatable bonds is 4. The number of nitrogens with zero attached hydrogens (tertiary/aromatic N) is 2. The molecule has 0 bridgehead atoms. The topological polar surface area (TPSA) is 61.9 Å². The standard InChI is InChI=1S/C51H38N4/c1-31-11-23-39-40-24-12-32(2)28-46(40)51(45(39)27-31,33-13-25-49-43(29-33)41-7-3-5-9-47(41)54(49)37-19-15-35(52)16-20-37)34-14-26-50-44(30-34)42-8-4-6-10-48(42)55(50)38-21-17-36(53)18-22-38/h3-30H,52-53H2,1-2H3. The number of aryl methyl sites for hydroxylation is 2. The molecule has 10 aromatic rings. The fraction of sp³-hybridized carbons (Fsp3) is 0.0588. The summed E-state index contributed by atoms with van der Waals surface area (Å²) in [6, 6.07) is 62.3.